The van der Waals surface area contributed by atoms with Crippen LogP contribution in [0.2, 0.25) is 0 Å². The van der Waals surface area contributed by atoms with Gasteiger partial charge in [-0.05, 0) is 49.7 Å². The molecule has 6 nitrogen and oxygen atoms in total. The Labute approximate surface area is 147 Å². The van der Waals surface area contributed by atoms with Crippen molar-refractivity contribution < 1.29 is 17.9 Å². The van der Waals surface area contributed by atoms with E-state index in [4.69, 9.17) is 4.74 Å². The molecule has 1 fully saturated rings. The summed E-state index contributed by atoms with van der Waals surface area (Å²) in [7, 11) is -3.01. The first-order chi connectivity index (χ1) is 11.9. The van der Waals surface area contributed by atoms with E-state index in [1.54, 1.807) is 24.3 Å². The number of carbonyl (C=O) groups excluding carboxylic acids is 1. The molecule has 0 aliphatic carbocycles. The minimum atomic E-state index is -3.01. The van der Waals surface area contributed by atoms with Gasteiger partial charge in [-0.3, -0.25) is 0 Å². The molecule has 0 spiro atoms. The second kappa shape index (κ2) is 7.14. The Morgan fingerprint density at radius 2 is 1.64 bits per heavy atom. The van der Waals surface area contributed by atoms with Crippen LogP contribution < -0.4 is 15.4 Å². The molecule has 1 unspecified atom stereocenters. The Morgan fingerprint density at radius 1 is 1.04 bits per heavy atom. The Kier molecular flexibility index (Phi) is 4.94. The summed E-state index contributed by atoms with van der Waals surface area (Å²) >= 11 is 0. The fraction of sp³-hybridized carbons (Fsp3) is 0.278. The molecule has 25 heavy (non-hydrogen) atoms. The van der Waals surface area contributed by atoms with Crippen LogP contribution in [0.25, 0.3) is 0 Å². The fourth-order valence-electron chi connectivity index (χ4n) is 2.61. The lowest BCUT2D eigenvalue weighted by molar-refractivity contribution is 0.249. The number of ether oxygens (including phenoxy) is 1. The third-order valence-corrected chi connectivity index (χ3v) is 5.70. The van der Waals surface area contributed by atoms with Crippen LogP contribution in [0.1, 0.15) is 12.0 Å². The summed E-state index contributed by atoms with van der Waals surface area (Å²) < 4.78 is 28.5. The van der Waals surface area contributed by atoms with E-state index in [-0.39, 0.29) is 17.5 Å². The van der Waals surface area contributed by atoms with E-state index in [9.17, 15) is 13.2 Å². The smallest absolute Gasteiger partial charge is 0.319 e. The molecule has 0 aromatic heterocycles. The zero-order valence-electron chi connectivity index (χ0n) is 13.9. The van der Waals surface area contributed by atoms with Crippen LogP contribution in [0.15, 0.2) is 48.5 Å². The van der Waals surface area contributed by atoms with Crippen molar-refractivity contribution in [1.29, 1.82) is 0 Å². The molecule has 1 heterocycles. The van der Waals surface area contributed by atoms with Crippen LogP contribution in [-0.2, 0) is 9.84 Å². The lowest BCUT2D eigenvalue weighted by atomic mass is 10.2. The number of benzene rings is 2. The van der Waals surface area contributed by atoms with E-state index < -0.39 is 15.9 Å². The highest BCUT2D eigenvalue weighted by molar-refractivity contribution is 7.91. The number of hydrogen-bond acceptors (Lipinski definition) is 4. The number of rotatable bonds is 4. The number of urea groups is 1. The molecule has 0 radical (unpaired) electrons. The van der Waals surface area contributed by atoms with E-state index in [2.05, 4.69) is 10.6 Å². The van der Waals surface area contributed by atoms with Gasteiger partial charge in [0.05, 0.1) is 11.5 Å². The molecule has 1 aliphatic heterocycles. The third-order valence-electron chi connectivity index (χ3n) is 3.94. The van der Waals surface area contributed by atoms with Gasteiger partial charge in [0.1, 0.15) is 11.5 Å². The first-order valence-electron chi connectivity index (χ1n) is 8.02. The summed E-state index contributed by atoms with van der Waals surface area (Å²) in [5.74, 6) is 1.54. The molecule has 2 N–H and O–H groups in total. The second-order valence-electron chi connectivity index (χ2n) is 6.14. The van der Waals surface area contributed by atoms with Crippen LogP contribution in [0, 0.1) is 6.92 Å². The van der Waals surface area contributed by atoms with Crippen LogP contribution in [-0.4, -0.2) is 32.0 Å². The molecule has 0 saturated carbocycles. The number of nitrogens with one attached hydrogen (secondary N) is 2. The van der Waals surface area contributed by atoms with E-state index in [0.29, 0.717) is 17.9 Å². The van der Waals surface area contributed by atoms with Gasteiger partial charge >= 0.3 is 6.03 Å². The van der Waals surface area contributed by atoms with Gasteiger partial charge in [-0.1, -0.05) is 17.7 Å². The van der Waals surface area contributed by atoms with Gasteiger partial charge in [0.2, 0.25) is 0 Å². The average Bonchev–Trinajstić information content (AvgIpc) is 2.90. The maximum Gasteiger partial charge on any atom is 0.319 e. The fourth-order valence-corrected chi connectivity index (χ4v) is 4.28. The summed E-state index contributed by atoms with van der Waals surface area (Å²) in [6, 6.07) is 14.0. The Bertz CT molecular complexity index is 846. The van der Waals surface area contributed by atoms with Crippen LogP contribution in [0.5, 0.6) is 11.5 Å². The topological polar surface area (TPSA) is 84.5 Å². The van der Waals surface area contributed by atoms with Crippen molar-refractivity contribution in [3.05, 3.63) is 54.1 Å². The Hall–Kier alpha value is -2.54. The summed E-state index contributed by atoms with van der Waals surface area (Å²) in [5, 5.41) is 5.38. The zero-order valence-corrected chi connectivity index (χ0v) is 14.7. The van der Waals surface area contributed by atoms with Gasteiger partial charge in [-0.25, -0.2) is 13.2 Å². The van der Waals surface area contributed by atoms with E-state index >= 15 is 0 Å². The maximum absolute atomic E-state index is 11.9. The predicted molar refractivity (Wildman–Crippen MR) is 96.9 cm³/mol. The highest BCUT2D eigenvalue weighted by Crippen LogP contribution is 2.23. The van der Waals surface area contributed by atoms with E-state index in [0.717, 1.165) is 11.3 Å². The molecular formula is C18H20N2O4S. The summed E-state index contributed by atoms with van der Waals surface area (Å²) in [5.41, 5.74) is 1.77. The monoisotopic (exact) mass is 360 g/mol. The number of amides is 2. The van der Waals surface area contributed by atoms with Crippen molar-refractivity contribution in [3.63, 3.8) is 0 Å². The van der Waals surface area contributed by atoms with Crippen molar-refractivity contribution in [2.24, 2.45) is 0 Å². The van der Waals surface area contributed by atoms with Gasteiger partial charge in [-0.2, -0.15) is 0 Å². The minimum Gasteiger partial charge on any atom is -0.457 e. The first kappa shape index (κ1) is 17.3. The standard InChI is InChI=1S/C18H20N2O4S/c1-13-2-6-16(7-3-13)24-17-8-4-14(5-9-17)19-18(21)20-15-10-11-25(22,23)12-15/h2-9,15H,10-12H2,1H3,(H2,19,20,21). The molecule has 2 aromatic rings. The van der Waals surface area contributed by atoms with Crippen molar-refractivity contribution in [3.8, 4) is 11.5 Å². The average molecular weight is 360 g/mol. The molecule has 1 saturated heterocycles. The molecule has 3 rings (SSSR count). The van der Waals surface area contributed by atoms with Crippen LogP contribution in [0.3, 0.4) is 0 Å². The molecule has 7 heteroatoms. The first-order valence-corrected chi connectivity index (χ1v) is 9.84. The third kappa shape index (κ3) is 4.96. The van der Waals surface area contributed by atoms with E-state index in [1.807, 2.05) is 31.2 Å². The van der Waals surface area contributed by atoms with Crippen LogP contribution in [0.4, 0.5) is 10.5 Å². The second-order valence-corrected chi connectivity index (χ2v) is 8.37. The van der Waals surface area contributed by atoms with Crippen molar-refractivity contribution in [2.45, 2.75) is 19.4 Å². The number of sulfone groups is 1. The van der Waals surface area contributed by atoms with Crippen molar-refractivity contribution in [2.75, 3.05) is 16.8 Å². The maximum atomic E-state index is 11.9. The zero-order chi connectivity index (χ0) is 17.9. The molecular weight excluding hydrogens is 340 g/mol. The number of hydrogen-bond donors (Lipinski definition) is 2. The van der Waals surface area contributed by atoms with Crippen molar-refractivity contribution >= 4 is 21.6 Å². The highest BCUT2D eigenvalue weighted by atomic mass is 32.2. The molecule has 2 aromatic carbocycles. The quantitative estimate of drug-likeness (QED) is 0.877. The SMILES string of the molecule is Cc1ccc(Oc2ccc(NC(=O)NC3CCS(=O)(=O)C3)cc2)cc1. The minimum absolute atomic E-state index is 0.00372. The summed E-state index contributed by atoms with van der Waals surface area (Å²) in [4.78, 5) is 11.9. The largest absolute Gasteiger partial charge is 0.457 e. The molecule has 1 atom stereocenters. The lowest BCUT2D eigenvalue weighted by Crippen LogP contribution is -2.38. The van der Waals surface area contributed by atoms with Gasteiger partial charge < -0.3 is 15.4 Å². The number of anilines is 1. The normalized spacial score (nSPS) is 18.5. The van der Waals surface area contributed by atoms with Crippen LogP contribution >= 0.6 is 0 Å². The Balaban J connectivity index is 1.53. The number of carbonyl (C=O) groups is 1. The molecule has 1 aliphatic rings. The summed E-state index contributed by atoms with van der Waals surface area (Å²) in [6.07, 6.45) is 0.457. The summed E-state index contributed by atoms with van der Waals surface area (Å²) in [6.45, 7) is 2.01. The predicted octanol–water partition coefficient (Wildman–Crippen LogP) is 3.10. The Morgan fingerprint density at radius 3 is 2.20 bits per heavy atom. The molecule has 0 bridgehead atoms. The van der Waals surface area contributed by atoms with Gasteiger partial charge in [0.25, 0.3) is 0 Å². The molecule has 2 amide bonds. The van der Waals surface area contributed by atoms with Gasteiger partial charge in [0.15, 0.2) is 9.84 Å². The number of aryl methyl sites for hydroxylation is 1. The van der Waals surface area contributed by atoms with E-state index in [1.165, 1.54) is 0 Å². The highest BCUT2D eigenvalue weighted by Gasteiger charge is 2.28. The lowest BCUT2D eigenvalue weighted by Gasteiger charge is -2.12. The van der Waals surface area contributed by atoms with Gasteiger partial charge in [0, 0.05) is 11.7 Å². The van der Waals surface area contributed by atoms with Gasteiger partial charge in [-0.15, -0.1) is 0 Å². The molecule has 132 valence electrons. The van der Waals surface area contributed by atoms with Crippen molar-refractivity contribution in [1.82, 2.24) is 5.32 Å².